The number of hydrogen-bond acceptors (Lipinski definition) is 2. The number of ether oxygens (including phenoxy) is 1. The normalized spacial score (nSPS) is 10.4. The first-order valence-corrected chi connectivity index (χ1v) is 7.01. The van der Waals surface area contributed by atoms with Crippen LogP contribution in [0.1, 0.15) is 21.5 Å². The third-order valence-electron chi connectivity index (χ3n) is 3.41. The lowest BCUT2D eigenvalue weighted by atomic mass is 9.91. The molecule has 0 amide bonds. The first kappa shape index (κ1) is 15.6. The highest BCUT2D eigenvalue weighted by Crippen LogP contribution is 2.22. The summed E-state index contributed by atoms with van der Waals surface area (Å²) in [5, 5.41) is -0.638. The Labute approximate surface area is 129 Å². The Kier molecular flexibility index (Phi) is 5.02. The lowest BCUT2D eigenvalue weighted by molar-refractivity contribution is 0.108. The number of hydrogen-bond donors (Lipinski definition) is 0. The van der Waals surface area contributed by atoms with Crippen LogP contribution in [0.3, 0.4) is 0 Å². The van der Waals surface area contributed by atoms with Gasteiger partial charge in [0.15, 0.2) is 0 Å². The molecule has 0 aromatic heterocycles. The maximum Gasteiger partial charge on any atom is 0.252 e. The van der Waals surface area contributed by atoms with E-state index in [1.807, 2.05) is 26.0 Å². The Morgan fingerprint density at radius 2 is 2.05 bits per heavy atom. The number of benzene rings is 2. The van der Waals surface area contributed by atoms with Gasteiger partial charge in [0.05, 0.1) is 7.11 Å². The Bertz CT molecular complexity index is 673. The zero-order valence-corrected chi connectivity index (χ0v) is 12.7. The number of carbonyl (C=O) groups excluding carboxylic acids is 1. The summed E-state index contributed by atoms with van der Waals surface area (Å²) in [7, 11) is 3.59. The molecule has 2 aromatic carbocycles. The van der Waals surface area contributed by atoms with E-state index >= 15 is 0 Å². The molecule has 2 nitrogen and oxygen atoms in total. The summed E-state index contributed by atoms with van der Waals surface area (Å²) in [5.41, 5.74) is 2.66. The molecule has 2 aromatic rings. The third-order valence-corrected chi connectivity index (χ3v) is 3.61. The van der Waals surface area contributed by atoms with Crippen molar-refractivity contribution < 1.29 is 13.9 Å². The molecule has 0 radical (unpaired) electrons. The van der Waals surface area contributed by atoms with Gasteiger partial charge in [-0.05, 0) is 48.2 Å². The molecule has 21 heavy (non-hydrogen) atoms. The summed E-state index contributed by atoms with van der Waals surface area (Å²) in [5.74, 6) is 0.351. The molecule has 0 aliphatic rings. The predicted octanol–water partition coefficient (Wildman–Crippen LogP) is 2.26. The summed E-state index contributed by atoms with van der Waals surface area (Å²) in [6.45, 7) is 0. The molecule has 0 bridgehead atoms. The molecule has 0 heterocycles. The highest BCUT2D eigenvalue weighted by Gasteiger charge is 2.14. The highest BCUT2D eigenvalue weighted by atomic mass is 35.5. The molecule has 0 saturated carbocycles. The van der Waals surface area contributed by atoms with E-state index in [0.29, 0.717) is 18.4 Å². The van der Waals surface area contributed by atoms with E-state index in [2.05, 4.69) is 0 Å². The number of rotatable bonds is 5. The van der Waals surface area contributed by atoms with Crippen molar-refractivity contribution in [3.63, 3.8) is 0 Å². The number of aryl methyl sites for hydroxylation is 1. The van der Waals surface area contributed by atoms with E-state index < -0.39 is 11.1 Å². The van der Waals surface area contributed by atoms with Gasteiger partial charge in [-0.25, -0.2) is 4.39 Å². The van der Waals surface area contributed by atoms with Crippen molar-refractivity contribution in [2.45, 2.75) is 12.8 Å². The van der Waals surface area contributed by atoms with Gasteiger partial charge in [-0.2, -0.15) is 0 Å². The van der Waals surface area contributed by atoms with Gasteiger partial charge < -0.3 is 4.74 Å². The van der Waals surface area contributed by atoms with Gasteiger partial charge in [-0.1, -0.05) is 23.7 Å². The standard InChI is InChI=1S/C16H15BClFO2/c1-21-15-8-6-11(17)9-10(15)5-7-12-13(16(18)20)3-2-4-14(12)19/h2-4,6,8-9H,5,7,17H2,1H3. The van der Waals surface area contributed by atoms with Gasteiger partial charge in [-0.15, -0.1) is 0 Å². The van der Waals surface area contributed by atoms with Crippen LogP contribution in [0.5, 0.6) is 5.75 Å². The van der Waals surface area contributed by atoms with Crippen LogP contribution >= 0.6 is 11.6 Å². The average molecular weight is 305 g/mol. The van der Waals surface area contributed by atoms with E-state index in [9.17, 15) is 9.18 Å². The van der Waals surface area contributed by atoms with Crippen LogP contribution < -0.4 is 10.2 Å². The molecule has 0 fully saturated rings. The number of halogens is 2. The van der Waals surface area contributed by atoms with E-state index in [1.54, 1.807) is 13.2 Å². The summed E-state index contributed by atoms with van der Waals surface area (Å²) >= 11 is 5.52. The van der Waals surface area contributed by atoms with Crippen LogP contribution in [-0.2, 0) is 12.8 Å². The Morgan fingerprint density at radius 3 is 2.71 bits per heavy atom. The van der Waals surface area contributed by atoms with Crippen LogP contribution in [0.4, 0.5) is 4.39 Å². The van der Waals surface area contributed by atoms with Gasteiger partial charge in [-0.3, -0.25) is 4.79 Å². The molecular formula is C16H15BClFO2. The van der Waals surface area contributed by atoms with Gasteiger partial charge >= 0.3 is 0 Å². The topological polar surface area (TPSA) is 26.3 Å². The molecule has 0 N–H and O–H groups in total. The van der Waals surface area contributed by atoms with Gasteiger partial charge in [0.1, 0.15) is 19.4 Å². The largest absolute Gasteiger partial charge is 0.496 e. The molecule has 0 aliphatic heterocycles. The zero-order chi connectivity index (χ0) is 15.4. The van der Waals surface area contributed by atoms with E-state index in [4.69, 9.17) is 16.3 Å². The lowest BCUT2D eigenvalue weighted by Gasteiger charge is -2.11. The third kappa shape index (κ3) is 3.64. The van der Waals surface area contributed by atoms with Crippen molar-refractivity contribution >= 4 is 30.2 Å². The summed E-state index contributed by atoms with van der Waals surface area (Å²) in [4.78, 5) is 11.4. The Morgan fingerprint density at radius 1 is 1.29 bits per heavy atom. The van der Waals surface area contributed by atoms with Crippen LogP contribution in [0.2, 0.25) is 0 Å². The number of methoxy groups -OCH3 is 1. The van der Waals surface area contributed by atoms with Crippen molar-refractivity contribution in [1.29, 1.82) is 0 Å². The predicted molar refractivity (Wildman–Crippen MR) is 85.2 cm³/mol. The maximum atomic E-state index is 13.9. The molecule has 5 heteroatoms. The number of carbonyl (C=O) groups is 1. The second-order valence-electron chi connectivity index (χ2n) is 4.85. The van der Waals surface area contributed by atoms with E-state index in [-0.39, 0.29) is 5.56 Å². The van der Waals surface area contributed by atoms with Crippen molar-refractivity contribution in [1.82, 2.24) is 0 Å². The highest BCUT2D eigenvalue weighted by molar-refractivity contribution is 6.67. The van der Waals surface area contributed by atoms with Crippen molar-refractivity contribution in [3.8, 4) is 5.75 Å². The minimum atomic E-state index is -0.638. The first-order valence-electron chi connectivity index (χ1n) is 6.63. The minimum Gasteiger partial charge on any atom is -0.496 e. The second-order valence-corrected chi connectivity index (χ2v) is 5.20. The molecule has 2 rings (SSSR count). The Hall–Kier alpha value is -1.81. The first-order chi connectivity index (χ1) is 10.0. The molecule has 0 spiro atoms. The van der Waals surface area contributed by atoms with Crippen molar-refractivity contribution in [3.05, 3.63) is 58.9 Å². The van der Waals surface area contributed by atoms with Crippen LogP contribution in [0.15, 0.2) is 36.4 Å². The molecule has 108 valence electrons. The molecule has 0 unspecified atom stereocenters. The zero-order valence-electron chi connectivity index (χ0n) is 12.0. The van der Waals surface area contributed by atoms with Gasteiger partial charge in [0.2, 0.25) is 0 Å². The van der Waals surface area contributed by atoms with Crippen molar-refractivity contribution in [2.24, 2.45) is 0 Å². The maximum absolute atomic E-state index is 13.9. The summed E-state index contributed by atoms with van der Waals surface area (Å²) in [6, 6.07) is 10.2. The Balaban J connectivity index is 2.28. The fraction of sp³-hybridized carbons (Fsp3) is 0.188. The van der Waals surface area contributed by atoms with Gasteiger partial charge in [0, 0.05) is 11.1 Å². The molecule has 0 atom stereocenters. The molecular weight excluding hydrogens is 289 g/mol. The van der Waals surface area contributed by atoms with Crippen LogP contribution in [-0.4, -0.2) is 20.2 Å². The van der Waals surface area contributed by atoms with Crippen LogP contribution in [0.25, 0.3) is 0 Å². The monoisotopic (exact) mass is 304 g/mol. The van der Waals surface area contributed by atoms with E-state index in [0.717, 1.165) is 16.8 Å². The lowest BCUT2D eigenvalue weighted by Crippen LogP contribution is -2.07. The molecule has 0 saturated heterocycles. The summed E-state index contributed by atoms with van der Waals surface area (Å²) < 4.78 is 19.2. The quantitative estimate of drug-likeness (QED) is 0.626. The molecule has 0 aliphatic carbocycles. The fourth-order valence-electron chi connectivity index (χ4n) is 2.36. The fourth-order valence-corrected chi connectivity index (χ4v) is 2.54. The second kappa shape index (κ2) is 6.77. The minimum absolute atomic E-state index is 0.225. The smallest absolute Gasteiger partial charge is 0.252 e. The summed E-state index contributed by atoms with van der Waals surface area (Å²) in [6.07, 6.45) is 0.962. The van der Waals surface area contributed by atoms with Crippen molar-refractivity contribution in [2.75, 3.05) is 7.11 Å². The van der Waals surface area contributed by atoms with E-state index in [1.165, 1.54) is 12.1 Å². The van der Waals surface area contributed by atoms with Gasteiger partial charge in [0.25, 0.3) is 5.24 Å². The SMILES string of the molecule is Bc1ccc(OC)c(CCc2c(F)cccc2C(=O)Cl)c1. The van der Waals surface area contributed by atoms with Crippen LogP contribution in [0, 0.1) is 5.82 Å². The average Bonchev–Trinajstić information content (AvgIpc) is 2.45.